The van der Waals surface area contributed by atoms with Gasteiger partial charge >= 0.3 is 0 Å². The number of pyridine rings is 1. The number of carbonyl (C=O) groups is 2. The van der Waals surface area contributed by atoms with Gasteiger partial charge in [-0.2, -0.15) is 10.2 Å². The Bertz CT molecular complexity index is 1500. The van der Waals surface area contributed by atoms with E-state index >= 15 is 0 Å². The Labute approximate surface area is 223 Å². The molecule has 0 radical (unpaired) electrons. The number of ether oxygens (including phenoxy) is 1. The number of nitrogens with zero attached hydrogens (tertiary/aromatic N) is 6. The summed E-state index contributed by atoms with van der Waals surface area (Å²) in [5.74, 6) is -0.348. The van der Waals surface area contributed by atoms with E-state index < -0.39 is 0 Å². The molecule has 2 fully saturated rings. The number of aromatic nitrogens is 5. The summed E-state index contributed by atoms with van der Waals surface area (Å²) >= 11 is 1.47. The minimum absolute atomic E-state index is 0.0612. The van der Waals surface area contributed by atoms with Crippen molar-refractivity contribution >= 4 is 39.4 Å². The standard InChI is InChI=1S/C26H30N8O3S/c1-17-21(10-19(12-27-17)30-23(35)16-32-7-6-26(32)4-3-5-26)31-24(36)20-13-29-34-15-22(38-25(20)34)18-11-28-33(14-18)8-9-37-2/h10-15H,3-9,16H2,1-2H3,(H,30,35)(H,31,36). The van der Waals surface area contributed by atoms with E-state index in [1.807, 2.05) is 24.0 Å². The second kappa shape index (κ2) is 9.93. The lowest BCUT2D eigenvalue weighted by Gasteiger charge is -2.58. The van der Waals surface area contributed by atoms with E-state index in [0.29, 0.717) is 42.3 Å². The third kappa shape index (κ3) is 4.59. The summed E-state index contributed by atoms with van der Waals surface area (Å²) < 4.78 is 8.64. The molecule has 1 saturated carbocycles. The second-order valence-electron chi connectivity index (χ2n) is 10.00. The van der Waals surface area contributed by atoms with E-state index in [0.717, 1.165) is 21.8 Å². The molecule has 0 atom stereocenters. The van der Waals surface area contributed by atoms with Crippen molar-refractivity contribution in [1.29, 1.82) is 0 Å². The topological polar surface area (TPSA) is 119 Å². The highest BCUT2D eigenvalue weighted by atomic mass is 32.1. The quantitative estimate of drug-likeness (QED) is 0.338. The molecule has 38 heavy (non-hydrogen) atoms. The first-order valence-corrected chi connectivity index (χ1v) is 13.6. The lowest BCUT2D eigenvalue weighted by atomic mass is 9.68. The number of hydrogen-bond acceptors (Lipinski definition) is 8. The molecule has 2 N–H and O–H groups in total. The van der Waals surface area contributed by atoms with Crippen LogP contribution >= 0.6 is 11.3 Å². The number of amides is 2. The largest absolute Gasteiger partial charge is 0.383 e. The van der Waals surface area contributed by atoms with Crippen LogP contribution in [0.25, 0.3) is 15.3 Å². The van der Waals surface area contributed by atoms with Crippen molar-refractivity contribution in [2.45, 2.75) is 44.7 Å². The molecule has 0 unspecified atom stereocenters. The average Bonchev–Trinajstić information content (AvgIpc) is 3.57. The first kappa shape index (κ1) is 24.7. The zero-order valence-corrected chi connectivity index (χ0v) is 22.3. The summed E-state index contributed by atoms with van der Waals surface area (Å²) in [6.07, 6.45) is 13.6. The van der Waals surface area contributed by atoms with Gasteiger partial charge in [-0.05, 0) is 38.7 Å². The highest BCUT2D eigenvalue weighted by molar-refractivity contribution is 7.21. The number of methoxy groups -OCH3 is 1. The zero-order chi connectivity index (χ0) is 26.3. The second-order valence-corrected chi connectivity index (χ2v) is 11.0. The molecule has 2 amide bonds. The lowest BCUT2D eigenvalue weighted by molar-refractivity contribution is -0.127. The fraction of sp³-hybridized carbons (Fsp3) is 0.423. The van der Waals surface area contributed by atoms with Gasteiger partial charge in [-0.3, -0.25) is 24.2 Å². The summed E-state index contributed by atoms with van der Waals surface area (Å²) in [5, 5.41) is 14.6. The van der Waals surface area contributed by atoms with Crippen molar-refractivity contribution in [3.8, 4) is 10.4 Å². The zero-order valence-electron chi connectivity index (χ0n) is 21.4. The maximum Gasteiger partial charge on any atom is 0.260 e. The first-order valence-electron chi connectivity index (χ1n) is 12.8. The van der Waals surface area contributed by atoms with Gasteiger partial charge in [0.2, 0.25) is 5.91 Å². The van der Waals surface area contributed by atoms with E-state index in [1.54, 1.807) is 36.3 Å². The molecule has 4 aromatic heterocycles. The highest BCUT2D eigenvalue weighted by Gasteiger charge is 2.49. The van der Waals surface area contributed by atoms with Crippen LogP contribution in [0.3, 0.4) is 0 Å². The molecule has 198 valence electrons. The minimum Gasteiger partial charge on any atom is -0.383 e. The fourth-order valence-electron chi connectivity index (χ4n) is 5.15. The van der Waals surface area contributed by atoms with E-state index in [2.05, 4.69) is 30.7 Å². The molecular weight excluding hydrogens is 504 g/mol. The number of likely N-dealkylation sites (tertiary alicyclic amines) is 1. The molecule has 12 heteroatoms. The van der Waals surface area contributed by atoms with Crippen molar-refractivity contribution in [1.82, 2.24) is 29.3 Å². The van der Waals surface area contributed by atoms with Crippen LogP contribution in [0.1, 0.15) is 41.7 Å². The van der Waals surface area contributed by atoms with E-state index in [1.165, 1.54) is 37.0 Å². The van der Waals surface area contributed by atoms with Gasteiger partial charge in [-0.1, -0.05) is 0 Å². The maximum absolute atomic E-state index is 13.2. The van der Waals surface area contributed by atoms with Gasteiger partial charge in [0.25, 0.3) is 5.91 Å². The molecule has 2 aliphatic rings. The van der Waals surface area contributed by atoms with Gasteiger partial charge in [-0.25, -0.2) is 4.52 Å². The fourth-order valence-corrected chi connectivity index (χ4v) is 6.18. The van der Waals surface area contributed by atoms with Gasteiger partial charge in [0.15, 0.2) is 0 Å². The molecule has 6 rings (SSSR count). The number of fused-ring (bicyclic) bond motifs is 1. The van der Waals surface area contributed by atoms with Crippen LogP contribution < -0.4 is 10.6 Å². The van der Waals surface area contributed by atoms with Crippen LogP contribution in [0.15, 0.2) is 37.1 Å². The average molecular weight is 535 g/mol. The summed E-state index contributed by atoms with van der Waals surface area (Å²) in [5.41, 5.74) is 3.45. The molecule has 1 aliphatic heterocycles. The maximum atomic E-state index is 13.2. The van der Waals surface area contributed by atoms with Gasteiger partial charge in [-0.15, -0.1) is 11.3 Å². The van der Waals surface area contributed by atoms with Crippen molar-refractivity contribution in [2.24, 2.45) is 0 Å². The predicted molar refractivity (Wildman–Crippen MR) is 144 cm³/mol. The van der Waals surface area contributed by atoms with Crippen LogP contribution in [-0.2, 0) is 16.1 Å². The monoisotopic (exact) mass is 534 g/mol. The van der Waals surface area contributed by atoms with Gasteiger partial charge < -0.3 is 15.4 Å². The molecule has 1 spiro atoms. The summed E-state index contributed by atoms with van der Waals surface area (Å²) in [6, 6.07) is 1.75. The Morgan fingerprint density at radius 1 is 1.13 bits per heavy atom. The number of rotatable bonds is 9. The number of thiazole rings is 1. The lowest BCUT2D eigenvalue weighted by Crippen LogP contribution is -2.65. The molecular formula is C26H30N8O3S. The molecule has 1 saturated heterocycles. The minimum atomic E-state index is -0.287. The van der Waals surface area contributed by atoms with Crippen LogP contribution in [0.5, 0.6) is 0 Å². The Morgan fingerprint density at radius 3 is 2.74 bits per heavy atom. The summed E-state index contributed by atoms with van der Waals surface area (Å²) in [7, 11) is 1.66. The number of nitrogens with one attached hydrogen (secondary N) is 2. The Morgan fingerprint density at radius 2 is 2.00 bits per heavy atom. The van der Waals surface area contributed by atoms with Gasteiger partial charge in [0.1, 0.15) is 4.83 Å². The van der Waals surface area contributed by atoms with Crippen molar-refractivity contribution in [3.63, 3.8) is 0 Å². The Balaban J connectivity index is 1.14. The number of hydrogen-bond donors (Lipinski definition) is 2. The number of aryl methyl sites for hydroxylation is 1. The first-order chi connectivity index (χ1) is 18.4. The molecule has 5 heterocycles. The van der Waals surface area contributed by atoms with E-state index in [4.69, 9.17) is 4.74 Å². The Kier molecular flexibility index (Phi) is 6.46. The highest BCUT2D eigenvalue weighted by Crippen LogP contribution is 2.46. The van der Waals surface area contributed by atoms with Crippen LogP contribution in [0, 0.1) is 6.92 Å². The third-order valence-corrected chi connectivity index (χ3v) is 8.80. The van der Waals surface area contributed by atoms with Crippen LogP contribution in [0.2, 0.25) is 0 Å². The Hall–Kier alpha value is -3.61. The predicted octanol–water partition coefficient (Wildman–Crippen LogP) is 3.43. The van der Waals surface area contributed by atoms with Gasteiger partial charge in [0, 0.05) is 37.2 Å². The van der Waals surface area contributed by atoms with Crippen LogP contribution in [0.4, 0.5) is 11.4 Å². The summed E-state index contributed by atoms with van der Waals surface area (Å²) in [6.45, 7) is 4.42. The van der Waals surface area contributed by atoms with E-state index in [9.17, 15) is 9.59 Å². The molecule has 0 aromatic carbocycles. The van der Waals surface area contributed by atoms with Crippen molar-refractivity contribution in [2.75, 3.05) is 37.4 Å². The molecule has 1 aliphatic carbocycles. The molecule has 4 aromatic rings. The summed E-state index contributed by atoms with van der Waals surface area (Å²) in [4.78, 5) is 34.3. The van der Waals surface area contributed by atoms with E-state index in [-0.39, 0.29) is 17.4 Å². The van der Waals surface area contributed by atoms with Crippen LogP contribution in [-0.4, -0.2) is 73.4 Å². The molecule has 11 nitrogen and oxygen atoms in total. The van der Waals surface area contributed by atoms with Crippen molar-refractivity contribution < 1.29 is 14.3 Å². The molecule has 0 bridgehead atoms. The number of carbonyl (C=O) groups excluding carboxylic acids is 2. The number of anilines is 2. The smallest absolute Gasteiger partial charge is 0.260 e. The van der Waals surface area contributed by atoms with Crippen molar-refractivity contribution in [3.05, 3.63) is 48.3 Å². The third-order valence-electron chi connectivity index (χ3n) is 7.64. The normalized spacial score (nSPS) is 16.4. The van der Waals surface area contributed by atoms with Gasteiger partial charge in [0.05, 0.1) is 65.8 Å². The SMILES string of the molecule is COCCn1cc(-c2cn3ncc(C(=O)Nc4cc(NC(=O)CN5CCC56CCC6)cnc4C)c3s2)cn1.